The Hall–Kier alpha value is -2.41. The number of para-hydroxylation sites is 1. The third-order valence-corrected chi connectivity index (χ3v) is 4.78. The van der Waals surface area contributed by atoms with Gasteiger partial charge >= 0.3 is 6.03 Å². The summed E-state index contributed by atoms with van der Waals surface area (Å²) in [6.45, 7) is 1.32. The van der Waals surface area contributed by atoms with Crippen molar-refractivity contribution in [3.05, 3.63) is 52.5 Å². The number of carbonyl (C=O) groups excluding carboxylic acids is 2. The number of nitrogens with one attached hydrogen (secondary N) is 1. The third kappa shape index (κ3) is 3.73. The topological polar surface area (TPSA) is 52.7 Å². The molecule has 1 aromatic carbocycles. The highest BCUT2D eigenvalue weighted by Crippen LogP contribution is 2.23. The molecule has 0 atom stereocenters. The maximum absolute atomic E-state index is 13.8. The first-order valence-electron chi connectivity index (χ1n) is 7.75. The normalized spacial score (nSPS) is 14.3. The molecule has 1 aliphatic heterocycles. The van der Waals surface area contributed by atoms with Gasteiger partial charge in [0.15, 0.2) is 0 Å². The van der Waals surface area contributed by atoms with Crippen LogP contribution in [0.3, 0.4) is 0 Å². The van der Waals surface area contributed by atoms with E-state index in [1.165, 1.54) is 20.7 Å². The zero-order valence-corrected chi connectivity index (χ0v) is 13.9. The number of rotatable bonds is 6. The van der Waals surface area contributed by atoms with Crippen molar-refractivity contribution in [2.45, 2.75) is 6.42 Å². The molecule has 0 spiro atoms. The second kappa shape index (κ2) is 7.44. The van der Waals surface area contributed by atoms with E-state index in [-0.39, 0.29) is 24.2 Å². The van der Waals surface area contributed by atoms with Crippen molar-refractivity contribution in [2.75, 3.05) is 31.1 Å². The molecule has 1 N–H and O–H groups in total. The third-order valence-electron chi connectivity index (χ3n) is 3.85. The van der Waals surface area contributed by atoms with Gasteiger partial charge in [-0.2, -0.15) is 0 Å². The molecule has 24 heavy (non-hydrogen) atoms. The molecule has 5 nitrogen and oxygen atoms in total. The van der Waals surface area contributed by atoms with Gasteiger partial charge in [-0.3, -0.25) is 9.69 Å². The average molecular weight is 347 g/mol. The number of nitrogens with zero attached hydrogens (tertiary/aromatic N) is 2. The van der Waals surface area contributed by atoms with E-state index in [1.807, 2.05) is 17.5 Å². The van der Waals surface area contributed by atoms with Crippen LogP contribution in [0.25, 0.3) is 0 Å². The maximum atomic E-state index is 13.8. The fourth-order valence-corrected chi connectivity index (χ4v) is 3.34. The van der Waals surface area contributed by atoms with Gasteiger partial charge in [-0.1, -0.05) is 18.2 Å². The molecule has 1 saturated heterocycles. The van der Waals surface area contributed by atoms with Crippen molar-refractivity contribution in [1.82, 2.24) is 10.2 Å². The van der Waals surface area contributed by atoms with Crippen LogP contribution in [0, 0.1) is 5.82 Å². The molecule has 0 unspecified atom stereocenters. The number of halogens is 1. The van der Waals surface area contributed by atoms with E-state index in [0.29, 0.717) is 19.6 Å². The van der Waals surface area contributed by atoms with Crippen LogP contribution in [0.5, 0.6) is 0 Å². The van der Waals surface area contributed by atoms with Gasteiger partial charge < -0.3 is 10.2 Å². The Bertz CT molecular complexity index is 720. The Labute approximate surface area is 143 Å². The quantitative estimate of drug-likeness (QED) is 0.873. The summed E-state index contributed by atoms with van der Waals surface area (Å²) in [5, 5.41) is 4.81. The van der Waals surface area contributed by atoms with Crippen molar-refractivity contribution >= 4 is 29.0 Å². The molecule has 3 amide bonds. The highest BCUT2D eigenvalue weighted by atomic mass is 32.1. The lowest BCUT2D eigenvalue weighted by Crippen LogP contribution is -2.40. The molecule has 0 saturated carbocycles. The highest BCUT2D eigenvalue weighted by Gasteiger charge is 2.31. The van der Waals surface area contributed by atoms with E-state index in [2.05, 4.69) is 5.32 Å². The van der Waals surface area contributed by atoms with Crippen molar-refractivity contribution < 1.29 is 14.0 Å². The van der Waals surface area contributed by atoms with Crippen LogP contribution in [-0.2, 0) is 11.2 Å². The Balaban J connectivity index is 1.50. The predicted octanol–water partition coefficient (Wildman–Crippen LogP) is 2.49. The second-order valence-electron chi connectivity index (χ2n) is 5.49. The smallest absolute Gasteiger partial charge is 0.325 e. The second-order valence-corrected chi connectivity index (χ2v) is 6.52. The minimum absolute atomic E-state index is 0.00573. The van der Waals surface area contributed by atoms with E-state index in [4.69, 9.17) is 0 Å². The molecular weight excluding hydrogens is 329 g/mol. The first-order chi connectivity index (χ1) is 11.6. The fraction of sp³-hybridized carbons (Fsp3) is 0.294. The Morgan fingerprint density at radius 3 is 2.79 bits per heavy atom. The van der Waals surface area contributed by atoms with Crippen LogP contribution < -0.4 is 10.2 Å². The zero-order chi connectivity index (χ0) is 16.9. The molecule has 0 bridgehead atoms. The number of anilines is 1. The molecule has 2 aromatic rings. The van der Waals surface area contributed by atoms with E-state index in [0.717, 1.165) is 6.42 Å². The van der Waals surface area contributed by atoms with Crippen LogP contribution in [0.4, 0.5) is 14.9 Å². The van der Waals surface area contributed by atoms with E-state index in [9.17, 15) is 14.0 Å². The van der Waals surface area contributed by atoms with Crippen LogP contribution in [0.1, 0.15) is 4.88 Å². The van der Waals surface area contributed by atoms with Gasteiger partial charge in [0.1, 0.15) is 12.4 Å². The average Bonchev–Trinajstić information content (AvgIpc) is 3.19. The Morgan fingerprint density at radius 2 is 2.04 bits per heavy atom. The van der Waals surface area contributed by atoms with Gasteiger partial charge in [0.25, 0.3) is 0 Å². The van der Waals surface area contributed by atoms with Gasteiger partial charge in [0.2, 0.25) is 5.91 Å². The van der Waals surface area contributed by atoms with Gasteiger partial charge in [-0.05, 0) is 30.0 Å². The predicted molar refractivity (Wildman–Crippen MR) is 91.7 cm³/mol. The van der Waals surface area contributed by atoms with Gasteiger partial charge in [0.05, 0.1) is 5.69 Å². The molecule has 2 heterocycles. The van der Waals surface area contributed by atoms with E-state index < -0.39 is 5.82 Å². The number of carbonyl (C=O) groups is 2. The number of thiophene rings is 1. The van der Waals surface area contributed by atoms with Crippen LogP contribution in [0.2, 0.25) is 0 Å². The summed E-state index contributed by atoms with van der Waals surface area (Å²) in [4.78, 5) is 28.4. The number of benzene rings is 1. The summed E-state index contributed by atoms with van der Waals surface area (Å²) in [6, 6.07) is 9.81. The minimum Gasteiger partial charge on any atom is -0.354 e. The molecule has 1 aromatic heterocycles. The number of hydrogen-bond acceptors (Lipinski definition) is 3. The van der Waals surface area contributed by atoms with Crippen molar-refractivity contribution in [2.24, 2.45) is 0 Å². The maximum Gasteiger partial charge on any atom is 0.325 e. The number of amides is 3. The van der Waals surface area contributed by atoms with Crippen LogP contribution >= 0.6 is 11.3 Å². The van der Waals surface area contributed by atoms with Crippen LogP contribution in [-0.4, -0.2) is 43.0 Å². The van der Waals surface area contributed by atoms with Gasteiger partial charge in [0, 0.05) is 24.5 Å². The molecule has 0 radical (unpaired) electrons. The van der Waals surface area contributed by atoms with Crippen molar-refractivity contribution in [3.8, 4) is 0 Å². The lowest BCUT2D eigenvalue weighted by atomic mass is 10.3. The molecule has 1 aliphatic rings. The molecule has 3 rings (SSSR count). The summed E-state index contributed by atoms with van der Waals surface area (Å²) >= 11 is 1.65. The lowest BCUT2D eigenvalue weighted by Gasteiger charge is -2.18. The lowest BCUT2D eigenvalue weighted by molar-refractivity contribution is -0.121. The standard InChI is InChI=1S/C17H18FN3O2S/c18-14-5-1-2-6-15(14)21-10-9-20(17(21)23)12-16(22)19-8-7-13-4-3-11-24-13/h1-6,11H,7-10,12H2,(H,19,22). The van der Waals surface area contributed by atoms with E-state index in [1.54, 1.807) is 29.5 Å². The molecular formula is C17H18FN3O2S. The first-order valence-corrected chi connectivity index (χ1v) is 8.63. The molecule has 1 fully saturated rings. The Kier molecular flexibility index (Phi) is 5.10. The van der Waals surface area contributed by atoms with Crippen molar-refractivity contribution in [3.63, 3.8) is 0 Å². The summed E-state index contributed by atoms with van der Waals surface area (Å²) < 4.78 is 13.8. The number of urea groups is 1. The van der Waals surface area contributed by atoms with Gasteiger partial charge in [-0.15, -0.1) is 11.3 Å². The molecule has 0 aliphatic carbocycles. The zero-order valence-electron chi connectivity index (χ0n) is 13.1. The summed E-state index contributed by atoms with van der Waals surface area (Å²) in [5.74, 6) is -0.636. The monoisotopic (exact) mass is 347 g/mol. The van der Waals surface area contributed by atoms with E-state index >= 15 is 0 Å². The Morgan fingerprint density at radius 1 is 1.21 bits per heavy atom. The van der Waals surface area contributed by atoms with Crippen molar-refractivity contribution in [1.29, 1.82) is 0 Å². The summed E-state index contributed by atoms with van der Waals surface area (Å²) in [7, 11) is 0. The summed E-state index contributed by atoms with van der Waals surface area (Å²) in [5.41, 5.74) is 0.253. The number of hydrogen-bond donors (Lipinski definition) is 1. The van der Waals surface area contributed by atoms with Crippen LogP contribution in [0.15, 0.2) is 41.8 Å². The minimum atomic E-state index is -0.437. The molecule has 7 heteroatoms. The fourth-order valence-electron chi connectivity index (χ4n) is 2.63. The SMILES string of the molecule is O=C(CN1CCN(c2ccccc2F)C1=O)NCCc1cccs1. The summed E-state index contributed by atoms with van der Waals surface area (Å²) in [6.07, 6.45) is 0.776. The molecule has 126 valence electrons. The first kappa shape index (κ1) is 16.4. The van der Waals surface area contributed by atoms with Gasteiger partial charge in [-0.25, -0.2) is 9.18 Å². The largest absolute Gasteiger partial charge is 0.354 e. The highest BCUT2D eigenvalue weighted by molar-refractivity contribution is 7.09.